The van der Waals surface area contributed by atoms with Crippen LogP contribution in [-0.2, 0) is 9.53 Å². The van der Waals surface area contributed by atoms with Crippen molar-refractivity contribution in [3.8, 4) is 5.75 Å². The third-order valence-electron chi connectivity index (χ3n) is 3.99. The Bertz CT molecular complexity index is 850. The third kappa shape index (κ3) is 4.06. The lowest BCUT2D eigenvalue weighted by Gasteiger charge is -2.10. The Morgan fingerprint density at radius 1 is 1.32 bits per heavy atom. The Morgan fingerprint density at radius 3 is 2.88 bits per heavy atom. The second-order valence-corrected chi connectivity index (χ2v) is 5.82. The van der Waals surface area contributed by atoms with E-state index >= 15 is 0 Å². The van der Waals surface area contributed by atoms with Crippen LogP contribution in [0.5, 0.6) is 5.75 Å². The quantitative estimate of drug-likeness (QED) is 0.506. The van der Waals surface area contributed by atoms with Crippen LogP contribution in [0.3, 0.4) is 0 Å². The maximum Gasteiger partial charge on any atom is 0.349 e. The number of carbonyl (C=O) groups excluding carboxylic acids is 2. The summed E-state index contributed by atoms with van der Waals surface area (Å²) in [5.74, 6) is -0.586. The Labute approximate surface area is 143 Å². The van der Waals surface area contributed by atoms with Crippen LogP contribution in [0.4, 0.5) is 0 Å². The number of esters is 1. The van der Waals surface area contributed by atoms with Crippen LogP contribution in [0.15, 0.2) is 33.5 Å². The van der Waals surface area contributed by atoms with Crippen LogP contribution in [0.2, 0.25) is 0 Å². The van der Waals surface area contributed by atoms with Crippen LogP contribution in [-0.4, -0.2) is 31.1 Å². The van der Waals surface area contributed by atoms with E-state index in [1.807, 2.05) is 0 Å². The Kier molecular flexibility index (Phi) is 5.14. The van der Waals surface area contributed by atoms with Gasteiger partial charge in [0.25, 0.3) is 5.91 Å². The summed E-state index contributed by atoms with van der Waals surface area (Å²) in [6.07, 6.45) is 2.11. The largest absolute Gasteiger partial charge is 0.426 e. The van der Waals surface area contributed by atoms with Gasteiger partial charge in [0, 0.05) is 31.0 Å². The van der Waals surface area contributed by atoms with Gasteiger partial charge in [-0.3, -0.25) is 9.59 Å². The van der Waals surface area contributed by atoms with E-state index in [-0.39, 0.29) is 35.4 Å². The predicted octanol–water partition coefficient (Wildman–Crippen LogP) is 2.02. The molecule has 132 valence electrons. The molecule has 1 aromatic heterocycles. The number of amides is 1. The summed E-state index contributed by atoms with van der Waals surface area (Å²) in [5, 5.41) is 3.27. The summed E-state index contributed by atoms with van der Waals surface area (Å²) in [6, 6.07) is 6.15. The fraction of sp³-hybridized carbons (Fsp3) is 0.389. The minimum Gasteiger partial charge on any atom is -0.426 e. The molecular weight excluding hydrogens is 326 g/mol. The molecule has 1 amide bonds. The molecular formula is C18H19NO6. The highest BCUT2D eigenvalue weighted by molar-refractivity contribution is 5.96. The number of carbonyl (C=O) groups is 2. The minimum absolute atomic E-state index is 0.00717. The number of rotatable bonds is 5. The molecule has 1 N–H and O–H groups in total. The van der Waals surface area contributed by atoms with Crippen molar-refractivity contribution < 1.29 is 23.5 Å². The van der Waals surface area contributed by atoms with Gasteiger partial charge in [-0.25, -0.2) is 4.79 Å². The minimum atomic E-state index is -0.740. The predicted molar refractivity (Wildman–Crippen MR) is 89.7 cm³/mol. The molecule has 1 aromatic carbocycles. The van der Waals surface area contributed by atoms with Gasteiger partial charge in [-0.2, -0.15) is 0 Å². The zero-order valence-corrected chi connectivity index (χ0v) is 13.9. The summed E-state index contributed by atoms with van der Waals surface area (Å²) in [7, 11) is 0. The highest BCUT2D eigenvalue weighted by Crippen LogP contribution is 2.21. The second kappa shape index (κ2) is 7.48. The molecule has 1 unspecified atom stereocenters. The summed E-state index contributed by atoms with van der Waals surface area (Å²) in [6.45, 7) is 2.75. The monoisotopic (exact) mass is 345 g/mol. The van der Waals surface area contributed by atoms with Gasteiger partial charge in [0.05, 0.1) is 6.10 Å². The molecule has 1 fully saturated rings. The number of hydrogen-bond donors (Lipinski definition) is 1. The number of nitrogens with one attached hydrogen (secondary N) is 1. The maximum absolute atomic E-state index is 12.2. The Morgan fingerprint density at radius 2 is 2.16 bits per heavy atom. The lowest BCUT2D eigenvalue weighted by Crippen LogP contribution is -2.34. The average Bonchev–Trinajstić information content (AvgIpc) is 3.12. The molecule has 1 aliphatic rings. The van der Waals surface area contributed by atoms with E-state index in [1.165, 1.54) is 12.1 Å². The van der Waals surface area contributed by atoms with Crippen molar-refractivity contribution in [1.29, 1.82) is 0 Å². The van der Waals surface area contributed by atoms with Gasteiger partial charge in [0.1, 0.15) is 16.9 Å². The van der Waals surface area contributed by atoms with Crippen molar-refractivity contribution in [3.63, 3.8) is 0 Å². The van der Waals surface area contributed by atoms with Crippen molar-refractivity contribution in [2.45, 2.75) is 32.3 Å². The highest BCUT2D eigenvalue weighted by Gasteiger charge is 2.19. The highest BCUT2D eigenvalue weighted by atomic mass is 16.5. The van der Waals surface area contributed by atoms with Crippen molar-refractivity contribution in [2.24, 2.45) is 0 Å². The molecule has 0 spiro atoms. The fourth-order valence-electron chi connectivity index (χ4n) is 2.62. The van der Waals surface area contributed by atoms with E-state index < -0.39 is 11.5 Å². The number of benzene rings is 1. The smallest absolute Gasteiger partial charge is 0.349 e. The van der Waals surface area contributed by atoms with Crippen LogP contribution in [0, 0.1) is 0 Å². The van der Waals surface area contributed by atoms with Crippen LogP contribution >= 0.6 is 0 Å². The van der Waals surface area contributed by atoms with E-state index in [1.54, 1.807) is 19.1 Å². The average molecular weight is 345 g/mol. The molecule has 3 rings (SSSR count). The first-order valence-corrected chi connectivity index (χ1v) is 8.25. The van der Waals surface area contributed by atoms with E-state index in [0.717, 1.165) is 12.8 Å². The molecule has 2 aromatic rings. The normalized spacial score (nSPS) is 16.8. The van der Waals surface area contributed by atoms with E-state index in [0.29, 0.717) is 18.5 Å². The standard InChI is InChI=1S/C18H19NO6/c1-2-16(20)24-12-6-5-11-8-14(18(22)25-15(11)9-12)17(21)19-10-13-4-3-7-23-13/h5-6,8-9,13H,2-4,7,10H2,1H3,(H,19,21). The summed E-state index contributed by atoms with van der Waals surface area (Å²) < 4.78 is 15.7. The maximum atomic E-state index is 12.2. The Balaban J connectivity index is 1.78. The van der Waals surface area contributed by atoms with E-state index in [9.17, 15) is 14.4 Å². The van der Waals surface area contributed by atoms with Gasteiger partial charge in [-0.15, -0.1) is 0 Å². The van der Waals surface area contributed by atoms with E-state index in [2.05, 4.69) is 5.32 Å². The van der Waals surface area contributed by atoms with Crippen molar-refractivity contribution in [1.82, 2.24) is 5.32 Å². The molecule has 0 bridgehead atoms. The first-order chi connectivity index (χ1) is 12.1. The summed E-state index contributed by atoms with van der Waals surface area (Å²) >= 11 is 0. The van der Waals surface area contributed by atoms with Gasteiger partial charge in [0.2, 0.25) is 0 Å². The molecule has 7 nitrogen and oxygen atoms in total. The van der Waals surface area contributed by atoms with Gasteiger partial charge in [-0.1, -0.05) is 6.92 Å². The Hall–Kier alpha value is -2.67. The molecule has 1 aliphatic heterocycles. The lowest BCUT2D eigenvalue weighted by atomic mass is 10.1. The zero-order valence-electron chi connectivity index (χ0n) is 13.9. The van der Waals surface area contributed by atoms with Crippen molar-refractivity contribution >= 4 is 22.8 Å². The molecule has 7 heteroatoms. The van der Waals surface area contributed by atoms with E-state index in [4.69, 9.17) is 13.9 Å². The molecule has 1 atom stereocenters. The molecule has 0 aliphatic carbocycles. The molecule has 2 heterocycles. The van der Waals surface area contributed by atoms with Crippen molar-refractivity contribution in [3.05, 3.63) is 40.2 Å². The summed E-state index contributed by atoms with van der Waals surface area (Å²) in [5.41, 5.74) is -0.554. The first-order valence-electron chi connectivity index (χ1n) is 8.25. The van der Waals surface area contributed by atoms with Crippen LogP contribution in [0.1, 0.15) is 36.5 Å². The number of hydrogen-bond acceptors (Lipinski definition) is 6. The summed E-state index contributed by atoms with van der Waals surface area (Å²) in [4.78, 5) is 35.6. The first kappa shape index (κ1) is 17.2. The zero-order chi connectivity index (χ0) is 17.8. The third-order valence-corrected chi connectivity index (χ3v) is 3.99. The van der Waals surface area contributed by atoms with Gasteiger partial charge >= 0.3 is 11.6 Å². The van der Waals surface area contributed by atoms with Gasteiger partial charge < -0.3 is 19.2 Å². The molecule has 1 saturated heterocycles. The SMILES string of the molecule is CCC(=O)Oc1ccc2cc(C(=O)NCC3CCCO3)c(=O)oc2c1. The lowest BCUT2D eigenvalue weighted by molar-refractivity contribution is -0.134. The van der Waals surface area contributed by atoms with Crippen molar-refractivity contribution in [2.75, 3.05) is 13.2 Å². The molecule has 25 heavy (non-hydrogen) atoms. The van der Waals surface area contributed by atoms with Gasteiger partial charge in [-0.05, 0) is 31.0 Å². The van der Waals surface area contributed by atoms with Gasteiger partial charge in [0.15, 0.2) is 0 Å². The number of fused-ring (bicyclic) bond motifs is 1. The van der Waals surface area contributed by atoms with Crippen LogP contribution in [0.25, 0.3) is 11.0 Å². The molecule has 0 saturated carbocycles. The number of ether oxygens (including phenoxy) is 2. The second-order valence-electron chi connectivity index (χ2n) is 5.82. The molecule has 0 radical (unpaired) electrons. The topological polar surface area (TPSA) is 94.8 Å². The van der Waals surface area contributed by atoms with Crippen LogP contribution < -0.4 is 15.7 Å². The fourth-order valence-corrected chi connectivity index (χ4v) is 2.62.